The maximum Gasteiger partial charge on any atom is 0.0446 e. The minimum absolute atomic E-state index is 0.00989. The molecule has 1 heteroatoms. The number of hydrogen-bond acceptors (Lipinski definition) is 0. The zero-order valence-corrected chi connectivity index (χ0v) is 9.73. The highest BCUT2D eigenvalue weighted by atomic mass is 28.3. The summed E-state index contributed by atoms with van der Waals surface area (Å²) < 4.78 is 0. The highest BCUT2D eigenvalue weighted by molar-refractivity contribution is 6.57. The van der Waals surface area contributed by atoms with Crippen LogP contribution in [0.5, 0.6) is 0 Å². The second-order valence-corrected chi connectivity index (χ2v) is 7.44. The summed E-state index contributed by atoms with van der Waals surface area (Å²) in [7, 11) is 0.00989. The minimum Gasteiger partial charge on any atom is -0.0711 e. The van der Waals surface area contributed by atoms with Gasteiger partial charge in [-0.1, -0.05) is 64.5 Å². The molecule has 0 nitrogen and oxygen atoms in total. The summed E-state index contributed by atoms with van der Waals surface area (Å²) in [6.45, 7) is 4.99. The fraction of sp³-hybridized carbons (Fsp3) is 1.00. The molecule has 0 amide bonds. The molecule has 0 spiro atoms. The first-order valence-electron chi connectivity index (χ1n) is 5.61. The Morgan fingerprint density at radius 1 is 0.750 bits per heavy atom. The van der Waals surface area contributed by atoms with Gasteiger partial charge >= 0.3 is 0 Å². The fourth-order valence-corrected chi connectivity index (χ4v) is 3.77. The smallest absolute Gasteiger partial charge is 0.0446 e. The number of hydrogen-bond donors (Lipinski definition) is 0. The highest BCUT2D eigenvalue weighted by Crippen LogP contribution is 2.28. The van der Waals surface area contributed by atoms with E-state index in [1.165, 1.54) is 38.5 Å². The van der Waals surface area contributed by atoms with Crippen LogP contribution < -0.4 is 0 Å². The van der Waals surface area contributed by atoms with E-state index >= 15 is 0 Å². The van der Waals surface area contributed by atoms with Crippen LogP contribution in [0.25, 0.3) is 0 Å². The molecule has 0 aromatic carbocycles. The van der Waals surface area contributed by atoms with Gasteiger partial charge in [0.15, 0.2) is 0 Å². The van der Waals surface area contributed by atoms with Crippen LogP contribution in [0.4, 0.5) is 0 Å². The van der Waals surface area contributed by atoms with Gasteiger partial charge in [-0.25, -0.2) is 0 Å². The summed E-state index contributed by atoms with van der Waals surface area (Å²) >= 11 is 0. The third kappa shape index (κ3) is 3.75. The highest BCUT2D eigenvalue weighted by Gasteiger charge is 2.14. The monoisotopic (exact) mass is 183 g/mol. The third-order valence-corrected chi connectivity index (χ3v) is 5.38. The van der Waals surface area contributed by atoms with Crippen LogP contribution in [0.15, 0.2) is 0 Å². The summed E-state index contributed by atoms with van der Waals surface area (Å²) in [5, 5.41) is 0. The predicted molar refractivity (Wildman–Crippen MR) is 58.2 cm³/mol. The first-order valence-corrected chi connectivity index (χ1v) is 8.18. The third-order valence-electron chi connectivity index (χ3n) is 3.17. The van der Waals surface area contributed by atoms with Crippen LogP contribution in [0.1, 0.15) is 51.4 Å². The largest absolute Gasteiger partial charge is 0.0711 e. The molecule has 1 aliphatic rings. The molecular weight excluding hydrogens is 160 g/mol. The van der Waals surface area contributed by atoms with E-state index in [1.807, 2.05) is 0 Å². The lowest BCUT2D eigenvalue weighted by Crippen LogP contribution is -2.11. The standard InChI is InChI=1S/C11H23Si/c1-12(2)11-9-7-5-3-4-6-8-10-11/h11H,3-10H2,1-2H3. The Labute approximate surface area is 79.4 Å². The van der Waals surface area contributed by atoms with Gasteiger partial charge in [-0.15, -0.1) is 0 Å². The van der Waals surface area contributed by atoms with Crippen LogP contribution >= 0.6 is 0 Å². The molecule has 12 heavy (non-hydrogen) atoms. The van der Waals surface area contributed by atoms with Crippen molar-refractivity contribution in [3.63, 3.8) is 0 Å². The molecular formula is C11H23Si. The second-order valence-electron chi connectivity index (χ2n) is 4.47. The first kappa shape index (κ1) is 10.3. The van der Waals surface area contributed by atoms with Gasteiger partial charge in [-0.3, -0.25) is 0 Å². The molecule has 1 saturated carbocycles. The van der Waals surface area contributed by atoms with E-state index in [4.69, 9.17) is 0 Å². The van der Waals surface area contributed by atoms with Crippen molar-refractivity contribution in [3.05, 3.63) is 0 Å². The molecule has 1 radical (unpaired) electrons. The van der Waals surface area contributed by atoms with E-state index in [-0.39, 0.29) is 8.80 Å². The SMILES string of the molecule is C[Si](C)C1CCCCCCCC1. The van der Waals surface area contributed by atoms with Crippen LogP contribution in [0.2, 0.25) is 18.6 Å². The quantitative estimate of drug-likeness (QED) is 0.533. The normalized spacial score (nSPS) is 23.2. The van der Waals surface area contributed by atoms with Crippen LogP contribution in [-0.2, 0) is 0 Å². The first-order chi connectivity index (χ1) is 5.80. The minimum atomic E-state index is 0.00989. The fourth-order valence-electron chi connectivity index (χ4n) is 2.21. The van der Waals surface area contributed by atoms with Gasteiger partial charge in [-0.05, 0) is 5.54 Å². The van der Waals surface area contributed by atoms with E-state index in [0.29, 0.717) is 0 Å². The van der Waals surface area contributed by atoms with Crippen molar-refractivity contribution in [1.82, 2.24) is 0 Å². The molecule has 0 aromatic rings. The van der Waals surface area contributed by atoms with Crippen molar-refractivity contribution in [2.24, 2.45) is 0 Å². The van der Waals surface area contributed by atoms with E-state index in [0.717, 1.165) is 5.54 Å². The zero-order valence-electron chi connectivity index (χ0n) is 8.73. The lowest BCUT2D eigenvalue weighted by Gasteiger charge is -2.18. The van der Waals surface area contributed by atoms with E-state index in [9.17, 15) is 0 Å². The molecule has 0 aromatic heterocycles. The zero-order chi connectivity index (χ0) is 8.81. The average Bonchev–Trinajstić information content (AvgIpc) is 2.15. The van der Waals surface area contributed by atoms with E-state index in [1.54, 1.807) is 12.8 Å². The van der Waals surface area contributed by atoms with Crippen molar-refractivity contribution in [3.8, 4) is 0 Å². The van der Waals surface area contributed by atoms with Gasteiger partial charge in [0.2, 0.25) is 0 Å². The Kier molecular flexibility index (Phi) is 4.97. The van der Waals surface area contributed by atoms with Crippen molar-refractivity contribution >= 4 is 8.80 Å². The Hall–Kier alpha value is 0.217. The van der Waals surface area contributed by atoms with E-state index in [2.05, 4.69) is 13.1 Å². The molecule has 0 saturated heterocycles. The molecule has 0 bridgehead atoms. The topological polar surface area (TPSA) is 0 Å². The van der Waals surface area contributed by atoms with Crippen molar-refractivity contribution in [2.75, 3.05) is 0 Å². The van der Waals surface area contributed by atoms with Crippen molar-refractivity contribution in [1.29, 1.82) is 0 Å². The molecule has 0 atom stereocenters. The lowest BCUT2D eigenvalue weighted by atomic mass is 10.1. The van der Waals surface area contributed by atoms with Gasteiger partial charge in [0.1, 0.15) is 0 Å². The maximum atomic E-state index is 2.49. The summed E-state index contributed by atoms with van der Waals surface area (Å²) in [6.07, 6.45) is 12.1. The molecule has 0 aliphatic heterocycles. The van der Waals surface area contributed by atoms with Gasteiger partial charge in [0.05, 0.1) is 0 Å². The van der Waals surface area contributed by atoms with Gasteiger partial charge in [-0.2, -0.15) is 0 Å². The lowest BCUT2D eigenvalue weighted by molar-refractivity contribution is 0.613. The molecule has 1 aliphatic carbocycles. The average molecular weight is 183 g/mol. The second kappa shape index (κ2) is 5.79. The number of rotatable bonds is 1. The molecule has 1 fully saturated rings. The van der Waals surface area contributed by atoms with Gasteiger partial charge < -0.3 is 0 Å². The summed E-state index contributed by atoms with van der Waals surface area (Å²) in [5.74, 6) is 0. The predicted octanol–water partition coefficient (Wildman–Crippen LogP) is 4.25. The molecule has 71 valence electrons. The Balaban J connectivity index is 2.28. The molecule has 0 heterocycles. The Morgan fingerprint density at radius 2 is 1.17 bits per heavy atom. The van der Waals surface area contributed by atoms with Gasteiger partial charge in [0.25, 0.3) is 0 Å². The van der Waals surface area contributed by atoms with Crippen LogP contribution in [-0.4, -0.2) is 8.80 Å². The van der Waals surface area contributed by atoms with Crippen molar-refractivity contribution < 1.29 is 0 Å². The van der Waals surface area contributed by atoms with Gasteiger partial charge in [0, 0.05) is 8.80 Å². The van der Waals surface area contributed by atoms with Crippen LogP contribution in [0.3, 0.4) is 0 Å². The summed E-state index contributed by atoms with van der Waals surface area (Å²) in [5.41, 5.74) is 1.13. The maximum absolute atomic E-state index is 2.49. The Morgan fingerprint density at radius 3 is 1.58 bits per heavy atom. The molecule has 1 rings (SSSR count). The van der Waals surface area contributed by atoms with Crippen molar-refractivity contribution in [2.45, 2.75) is 70.0 Å². The molecule has 0 N–H and O–H groups in total. The molecule has 0 unspecified atom stereocenters. The van der Waals surface area contributed by atoms with Crippen LogP contribution in [0, 0.1) is 0 Å². The van der Waals surface area contributed by atoms with E-state index < -0.39 is 0 Å². The summed E-state index contributed by atoms with van der Waals surface area (Å²) in [6, 6.07) is 0. The summed E-state index contributed by atoms with van der Waals surface area (Å²) in [4.78, 5) is 0. The Bertz CT molecular complexity index is 99.6.